The molecule has 0 unspecified atom stereocenters. The molecule has 5 heteroatoms. The van der Waals surface area contributed by atoms with E-state index in [1.165, 1.54) is 12.8 Å². The number of aryl methyl sites for hydroxylation is 1. The molecular weight excluding hydrogens is 328 g/mol. The van der Waals surface area contributed by atoms with Crippen molar-refractivity contribution in [1.82, 2.24) is 4.98 Å². The third-order valence-electron chi connectivity index (χ3n) is 4.47. The van der Waals surface area contributed by atoms with Crippen LogP contribution >= 0.6 is 0 Å². The number of aromatic nitrogens is 1. The van der Waals surface area contributed by atoms with Crippen LogP contribution in [0.25, 0.3) is 0 Å². The summed E-state index contributed by atoms with van der Waals surface area (Å²) >= 11 is 0. The summed E-state index contributed by atoms with van der Waals surface area (Å²) in [6, 6.07) is 11.6. The number of hydrogen-bond donors (Lipinski definition) is 1. The van der Waals surface area contributed by atoms with Crippen LogP contribution in [0.2, 0.25) is 0 Å². The van der Waals surface area contributed by atoms with Gasteiger partial charge in [0.15, 0.2) is 0 Å². The van der Waals surface area contributed by atoms with Gasteiger partial charge in [0.05, 0.1) is 12.7 Å². The second kappa shape index (κ2) is 9.22. The summed E-state index contributed by atoms with van der Waals surface area (Å²) in [5, 5.41) is 2.88. The van der Waals surface area contributed by atoms with Crippen LogP contribution in [-0.4, -0.2) is 23.6 Å². The van der Waals surface area contributed by atoms with Gasteiger partial charge in [-0.2, -0.15) is 0 Å². The lowest BCUT2D eigenvalue weighted by atomic mass is 10.1. The highest BCUT2D eigenvalue weighted by Crippen LogP contribution is 2.25. The van der Waals surface area contributed by atoms with E-state index in [2.05, 4.69) is 10.3 Å². The fourth-order valence-corrected chi connectivity index (χ4v) is 3.18. The average molecular weight is 354 g/mol. The quantitative estimate of drug-likeness (QED) is 0.764. The molecule has 1 aromatic heterocycles. The molecule has 1 fully saturated rings. The van der Waals surface area contributed by atoms with Gasteiger partial charge in [-0.05, 0) is 68.9 Å². The molecule has 1 heterocycles. The highest BCUT2D eigenvalue weighted by Gasteiger charge is 2.16. The average Bonchev–Trinajstić information content (AvgIpc) is 3.15. The van der Waals surface area contributed by atoms with Crippen LogP contribution in [0.5, 0.6) is 11.6 Å². The van der Waals surface area contributed by atoms with Gasteiger partial charge in [0.1, 0.15) is 11.4 Å². The van der Waals surface area contributed by atoms with Crippen molar-refractivity contribution in [3.05, 3.63) is 48.2 Å². The summed E-state index contributed by atoms with van der Waals surface area (Å²) in [4.78, 5) is 16.4. The molecule has 0 spiro atoms. The number of pyridine rings is 1. The lowest BCUT2D eigenvalue weighted by molar-refractivity contribution is -0.116. The largest absolute Gasteiger partial charge is 0.490 e. The van der Waals surface area contributed by atoms with Crippen molar-refractivity contribution in [3.63, 3.8) is 0 Å². The third kappa shape index (κ3) is 5.22. The van der Waals surface area contributed by atoms with Crippen LogP contribution in [0.4, 0.5) is 5.69 Å². The Balaban J connectivity index is 1.53. The van der Waals surface area contributed by atoms with Crippen molar-refractivity contribution in [2.45, 2.75) is 51.6 Å². The van der Waals surface area contributed by atoms with E-state index in [1.807, 2.05) is 31.2 Å². The molecular formula is C21H26N2O3. The predicted octanol–water partition coefficient (Wildman–Crippen LogP) is 4.37. The number of nitrogens with one attached hydrogen (secondary N) is 1. The first-order chi connectivity index (χ1) is 12.7. The number of benzene rings is 1. The molecule has 2 aromatic rings. The first-order valence-corrected chi connectivity index (χ1v) is 9.38. The van der Waals surface area contributed by atoms with Gasteiger partial charge < -0.3 is 14.8 Å². The molecule has 1 saturated carbocycles. The van der Waals surface area contributed by atoms with E-state index in [0.717, 1.165) is 24.2 Å². The number of nitrogens with zero attached hydrogens (tertiary/aromatic N) is 1. The Bertz CT molecular complexity index is 727. The zero-order chi connectivity index (χ0) is 18.2. The molecule has 3 rings (SSSR count). The minimum Gasteiger partial charge on any atom is -0.490 e. The third-order valence-corrected chi connectivity index (χ3v) is 4.47. The number of anilines is 1. The second-order valence-corrected chi connectivity index (χ2v) is 6.51. The summed E-state index contributed by atoms with van der Waals surface area (Å²) in [5.41, 5.74) is 1.71. The maximum absolute atomic E-state index is 12.3. The molecule has 1 aromatic carbocycles. The highest BCUT2D eigenvalue weighted by molar-refractivity contribution is 5.91. The van der Waals surface area contributed by atoms with Crippen molar-refractivity contribution < 1.29 is 14.3 Å². The first kappa shape index (κ1) is 18.2. The first-order valence-electron chi connectivity index (χ1n) is 9.38. The van der Waals surface area contributed by atoms with E-state index < -0.39 is 0 Å². The summed E-state index contributed by atoms with van der Waals surface area (Å²) in [7, 11) is 0. The highest BCUT2D eigenvalue weighted by atomic mass is 16.5. The Labute approximate surface area is 154 Å². The predicted molar refractivity (Wildman–Crippen MR) is 102 cm³/mol. The Kier molecular flexibility index (Phi) is 6.47. The smallest absolute Gasteiger partial charge is 0.237 e. The molecule has 5 nitrogen and oxygen atoms in total. The fourth-order valence-electron chi connectivity index (χ4n) is 3.18. The molecule has 0 aliphatic heterocycles. The van der Waals surface area contributed by atoms with Gasteiger partial charge in [-0.15, -0.1) is 0 Å². The van der Waals surface area contributed by atoms with E-state index in [0.29, 0.717) is 37.1 Å². The number of carbonyl (C=O) groups is 1. The van der Waals surface area contributed by atoms with Crippen LogP contribution in [0.3, 0.4) is 0 Å². The molecule has 1 aliphatic rings. The standard InChI is InChI=1S/C21H26N2O3/c1-2-25-21-19(11-6-14-22-21)23-20(24)13-12-16-7-5-10-18(15-16)26-17-8-3-4-9-17/h5-7,10-11,14-15,17H,2-4,8-9,12-13H2,1H3,(H,23,24). The van der Waals surface area contributed by atoms with Crippen molar-refractivity contribution >= 4 is 11.6 Å². The number of ether oxygens (including phenoxy) is 2. The van der Waals surface area contributed by atoms with E-state index in [9.17, 15) is 4.79 Å². The molecule has 0 saturated heterocycles. The zero-order valence-corrected chi connectivity index (χ0v) is 15.2. The molecule has 0 radical (unpaired) electrons. The van der Waals surface area contributed by atoms with Crippen molar-refractivity contribution in [1.29, 1.82) is 0 Å². The second-order valence-electron chi connectivity index (χ2n) is 6.51. The van der Waals surface area contributed by atoms with Gasteiger partial charge >= 0.3 is 0 Å². The summed E-state index contributed by atoms with van der Waals surface area (Å²) in [5.74, 6) is 1.30. The van der Waals surface area contributed by atoms with Gasteiger partial charge in [0.2, 0.25) is 11.8 Å². The maximum Gasteiger partial charge on any atom is 0.237 e. The van der Waals surface area contributed by atoms with E-state index in [1.54, 1.807) is 18.3 Å². The summed E-state index contributed by atoms with van der Waals surface area (Å²) in [6.45, 7) is 2.40. The molecule has 1 aliphatic carbocycles. The molecule has 26 heavy (non-hydrogen) atoms. The molecule has 0 atom stereocenters. The van der Waals surface area contributed by atoms with Crippen LogP contribution in [-0.2, 0) is 11.2 Å². The number of amides is 1. The Morgan fingerprint density at radius 3 is 2.88 bits per heavy atom. The number of hydrogen-bond acceptors (Lipinski definition) is 4. The van der Waals surface area contributed by atoms with Crippen molar-refractivity contribution in [2.24, 2.45) is 0 Å². The van der Waals surface area contributed by atoms with Gasteiger partial charge in [-0.25, -0.2) is 4.98 Å². The van der Waals surface area contributed by atoms with Gasteiger partial charge in [0, 0.05) is 12.6 Å². The van der Waals surface area contributed by atoms with Crippen LogP contribution < -0.4 is 14.8 Å². The van der Waals surface area contributed by atoms with Gasteiger partial charge in [-0.1, -0.05) is 12.1 Å². The fraction of sp³-hybridized carbons (Fsp3) is 0.429. The molecule has 0 bridgehead atoms. The number of rotatable bonds is 8. The van der Waals surface area contributed by atoms with E-state index >= 15 is 0 Å². The van der Waals surface area contributed by atoms with E-state index in [-0.39, 0.29) is 5.91 Å². The summed E-state index contributed by atoms with van der Waals surface area (Å²) in [6.07, 6.45) is 7.84. The Morgan fingerprint density at radius 2 is 2.08 bits per heavy atom. The minimum absolute atomic E-state index is 0.0546. The Hall–Kier alpha value is -2.56. The van der Waals surface area contributed by atoms with Crippen molar-refractivity contribution in [2.75, 3.05) is 11.9 Å². The van der Waals surface area contributed by atoms with E-state index in [4.69, 9.17) is 9.47 Å². The Morgan fingerprint density at radius 1 is 1.23 bits per heavy atom. The maximum atomic E-state index is 12.3. The topological polar surface area (TPSA) is 60.5 Å². The normalized spacial score (nSPS) is 14.2. The summed E-state index contributed by atoms with van der Waals surface area (Å²) < 4.78 is 11.5. The number of carbonyl (C=O) groups excluding carboxylic acids is 1. The van der Waals surface area contributed by atoms with Crippen LogP contribution in [0.15, 0.2) is 42.6 Å². The lowest BCUT2D eigenvalue weighted by Crippen LogP contribution is -2.14. The lowest BCUT2D eigenvalue weighted by Gasteiger charge is -2.14. The van der Waals surface area contributed by atoms with Crippen LogP contribution in [0.1, 0.15) is 44.6 Å². The molecule has 1 N–H and O–H groups in total. The van der Waals surface area contributed by atoms with Gasteiger partial charge in [0.25, 0.3) is 0 Å². The zero-order valence-electron chi connectivity index (χ0n) is 15.2. The molecule has 1 amide bonds. The molecule has 138 valence electrons. The SMILES string of the molecule is CCOc1ncccc1NC(=O)CCc1cccc(OC2CCCC2)c1. The van der Waals surface area contributed by atoms with Crippen LogP contribution in [0, 0.1) is 0 Å². The van der Waals surface area contributed by atoms with Crippen molar-refractivity contribution in [3.8, 4) is 11.6 Å². The van der Waals surface area contributed by atoms with Gasteiger partial charge in [-0.3, -0.25) is 4.79 Å². The minimum atomic E-state index is -0.0546. The monoisotopic (exact) mass is 354 g/mol.